The number of carbonyl (C=O) groups is 1. The van der Waals surface area contributed by atoms with Crippen LogP contribution < -0.4 is 5.32 Å². The van der Waals surface area contributed by atoms with Crippen molar-refractivity contribution in [1.82, 2.24) is 14.8 Å². The number of halogens is 1. The first-order valence-electron chi connectivity index (χ1n) is 8.29. The minimum Gasteiger partial charge on any atom is -0.465 e. The van der Waals surface area contributed by atoms with Crippen molar-refractivity contribution in [3.05, 3.63) is 71.8 Å². The number of nitrogens with one attached hydrogen (secondary N) is 1. The Kier molecular flexibility index (Phi) is 5.86. The lowest BCUT2D eigenvalue weighted by atomic mass is 9.99. The van der Waals surface area contributed by atoms with Gasteiger partial charge in [0.25, 0.3) is 0 Å². The number of anilines is 1. The molecule has 0 amide bonds. The third-order valence-corrected chi connectivity index (χ3v) is 4.25. The van der Waals surface area contributed by atoms with E-state index in [9.17, 15) is 4.79 Å². The first-order chi connectivity index (χ1) is 12.7. The van der Waals surface area contributed by atoms with Gasteiger partial charge in [0.15, 0.2) is 0 Å². The maximum atomic E-state index is 12.3. The van der Waals surface area contributed by atoms with Crippen molar-refractivity contribution >= 4 is 23.3 Å². The molecule has 0 aliphatic carbocycles. The summed E-state index contributed by atoms with van der Waals surface area (Å²) in [5.41, 5.74) is 2.50. The van der Waals surface area contributed by atoms with E-state index < -0.39 is 5.92 Å². The van der Waals surface area contributed by atoms with E-state index in [2.05, 4.69) is 15.5 Å². The van der Waals surface area contributed by atoms with Gasteiger partial charge < -0.3 is 10.1 Å². The molecule has 1 aromatic heterocycles. The Morgan fingerprint density at radius 1 is 1.19 bits per heavy atom. The van der Waals surface area contributed by atoms with Crippen molar-refractivity contribution in [2.45, 2.75) is 12.8 Å². The van der Waals surface area contributed by atoms with Crippen LogP contribution in [0, 0.1) is 0 Å². The van der Waals surface area contributed by atoms with Gasteiger partial charge in [-0.15, -0.1) is 10.2 Å². The van der Waals surface area contributed by atoms with E-state index in [1.165, 1.54) is 0 Å². The molecule has 26 heavy (non-hydrogen) atoms. The summed E-state index contributed by atoms with van der Waals surface area (Å²) in [6, 6.07) is 15.1. The summed E-state index contributed by atoms with van der Waals surface area (Å²) in [7, 11) is 0. The molecule has 0 saturated heterocycles. The fourth-order valence-corrected chi connectivity index (χ4v) is 2.86. The maximum absolute atomic E-state index is 12.3. The van der Waals surface area contributed by atoms with Gasteiger partial charge >= 0.3 is 5.97 Å². The lowest BCUT2D eigenvalue weighted by Gasteiger charge is -2.18. The fourth-order valence-electron chi connectivity index (χ4n) is 2.62. The predicted molar refractivity (Wildman–Crippen MR) is 101 cm³/mol. The standard InChI is InChI=1S/C19H19ClN4O2/c1-2-26-19(25)16(14-6-4-3-5-7-14)11-21-18-9-8-15(10-17(18)20)24-12-22-23-13-24/h3-10,12-13,16,21H,2,11H2,1H3. The second-order valence-electron chi connectivity index (χ2n) is 5.63. The van der Waals surface area contributed by atoms with E-state index >= 15 is 0 Å². The summed E-state index contributed by atoms with van der Waals surface area (Å²) < 4.78 is 6.98. The van der Waals surface area contributed by atoms with Crippen LogP contribution in [0.4, 0.5) is 5.69 Å². The van der Waals surface area contributed by atoms with Gasteiger partial charge in [0.1, 0.15) is 12.7 Å². The van der Waals surface area contributed by atoms with Crippen molar-refractivity contribution in [3.8, 4) is 5.69 Å². The van der Waals surface area contributed by atoms with Crippen LogP contribution in [0.1, 0.15) is 18.4 Å². The molecule has 1 unspecified atom stereocenters. The summed E-state index contributed by atoms with van der Waals surface area (Å²) in [6.45, 7) is 2.53. The lowest BCUT2D eigenvalue weighted by molar-refractivity contribution is -0.144. The van der Waals surface area contributed by atoms with Gasteiger partial charge in [-0.3, -0.25) is 9.36 Å². The highest BCUT2D eigenvalue weighted by atomic mass is 35.5. The Morgan fingerprint density at radius 3 is 2.58 bits per heavy atom. The molecule has 1 N–H and O–H groups in total. The topological polar surface area (TPSA) is 69.0 Å². The summed E-state index contributed by atoms with van der Waals surface area (Å²) in [5.74, 6) is -0.673. The molecule has 0 bridgehead atoms. The van der Waals surface area contributed by atoms with Gasteiger partial charge in [-0.05, 0) is 30.7 Å². The largest absolute Gasteiger partial charge is 0.465 e. The highest BCUT2D eigenvalue weighted by Crippen LogP contribution is 2.26. The lowest BCUT2D eigenvalue weighted by Crippen LogP contribution is -2.23. The van der Waals surface area contributed by atoms with Crippen LogP contribution in [0.5, 0.6) is 0 Å². The molecule has 1 atom stereocenters. The molecule has 134 valence electrons. The zero-order valence-electron chi connectivity index (χ0n) is 14.3. The molecule has 3 rings (SSSR count). The zero-order chi connectivity index (χ0) is 18.4. The number of nitrogens with zero attached hydrogens (tertiary/aromatic N) is 3. The van der Waals surface area contributed by atoms with Crippen molar-refractivity contribution < 1.29 is 9.53 Å². The monoisotopic (exact) mass is 370 g/mol. The van der Waals surface area contributed by atoms with E-state index in [1.807, 2.05) is 48.5 Å². The highest BCUT2D eigenvalue weighted by molar-refractivity contribution is 6.33. The van der Waals surface area contributed by atoms with Crippen LogP contribution in [0.2, 0.25) is 5.02 Å². The molecule has 7 heteroatoms. The Bertz CT molecular complexity index is 853. The molecular weight excluding hydrogens is 352 g/mol. The SMILES string of the molecule is CCOC(=O)C(CNc1ccc(-n2cnnc2)cc1Cl)c1ccccc1. The van der Waals surface area contributed by atoms with E-state index in [-0.39, 0.29) is 5.97 Å². The van der Waals surface area contributed by atoms with Gasteiger partial charge in [0.05, 0.1) is 23.2 Å². The molecule has 0 fully saturated rings. The van der Waals surface area contributed by atoms with Gasteiger partial charge in [-0.2, -0.15) is 0 Å². The Hall–Kier alpha value is -2.86. The Balaban J connectivity index is 1.75. The van der Waals surface area contributed by atoms with E-state index in [0.29, 0.717) is 18.2 Å². The Morgan fingerprint density at radius 2 is 1.92 bits per heavy atom. The van der Waals surface area contributed by atoms with Gasteiger partial charge in [0, 0.05) is 12.2 Å². The van der Waals surface area contributed by atoms with E-state index in [0.717, 1.165) is 16.9 Å². The predicted octanol–water partition coefficient (Wildman–Crippen LogP) is 3.68. The third-order valence-electron chi connectivity index (χ3n) is 3.94. The number of aromatic nitrogens is 3. The van der Waals surface area contributed by atoms with Crippen molar-refractivity contribution in [2.24, 2.45) is 0 Å². The summed E-state index contributed by atoms with van der Waals surface area (Å²) in [4.78, 5) is 12.3. The van der Waals surface area contributed by atoms with E-state index in [4.69, 9.17) is 16.3 Å². The first-order valence-corrected chi connectivity index (χ1v) is 8.67. The average molecular weight is 371 g/mol. The normalized spacial score (nSPS) is 11.8. The van der Waals surface area contributed by atoms with Gasteiger partial charge in [-0.1, -0.05) is 41.9 Å². The fraction of sp³-hybridized carbons (Fsp3) is 0.211. The quantitative estimate of drug-likeness (QED) is 0.642. The maximum Gasteiger partial charge on any atom is 0.315 e. The van der Waals surface area contributed by atoms with Crippen LogP contribution in [0.25, 0.3) is 5.69 Å². The van der Waals surface area contributed by atoms with Gasteiger partial charge in [0.2, 0.25) is 0 Å². The molecule has 0 radical (unpaired) electrons. The van der Waals surface area contributed by atoms with Crippen molar-refractivity contribution in [3.63, 3.8) is 0 Å². The van der Waals surface area contributed by atoms with Crippen molar-refractivity contribution in [2.75, 3.05) is 18.5 Å². The molecule has 0 spiro atoms. The molecule has 1 heterocycles. The van der Waals surface area contributed by atoms with Crippen LogP contribution in [0.3, 0.4) is 0 Å². The minimum absolute atomic E-state index is 0.261. The molecule has 3 aromatic rings. The smallest absolute Gasteiger partial charge is 0.315 e. The molecule has 6 nitrogen and oxygen atoms in total. The molecule has 0 saturated carbocycles. The first kappa shape index (κ1) is 17.9. The van der Waals surface area contributed by atoms with Crippen molar-refractivity contribution in [1.29, 1.82) is 0 Å². The van der Waals surface area contributed by atoms with Crippen LogP contribution >= 0.6 is 11.6 Å². The zero-order valence-corrected chi connectivity index (χ0v) is 15.1. The van der Waals surface area contributed by atoms with Crippen LogP contribution in [-0.4, -0.2) is 33.9 Å². The summed E-state index contributed by atoms with van der Waals surface area (Å²) >= 11 is 6.38. The summed E-state index contributed by atoms with van der Waals surface area (Å²) in [5, 5.41) is 11.4. The molecule has 0 aliphatic rings. The second kappa shape index (κ2) is 8.49. The second-order valence-corrected chi connectivity index (χ2v) is 6.04. The van der Waals surface area contributed by atoms with Crippen LogP contribution in [0.15, 0.2) is 61.2 Å². The number of hydrogen-bond donors (Lipinski definition) is 1. The number of rotatable bonds is 7. The van der Waals surface area contributed by atoms with Crippen LogP contribution in [-0.2, 0) is 9.53 Å². The highest BCUT2D eigenvalue weighted by Gasteiger charge is 2.22. The van der Waals surface area contributed by atoms with E-state index in [1.54, 1.807) is 24.1 Å². The molecule has 2 aromatic carbocycles. The molecular formula is C19H19ClN4O2. The average Bonchev–Trinajstić information content (AvgIpc) is 3.19. The van der Waals surface area contributed by atoms with Gasteiger partial charge in [-0.25, -0.2) is 0 Å². The number of carbonyl (C=O) groups excluding carboxylic acids is 1. The number of benzene rings is 2. The third kappa shape index (κ3) is 4.21. The number of esters is 1. The number of ether oxygens (including phenoxy) is 1. The minimum atomic E-state index is -0.412. The summed E-state index contributed by atoms with van der Waals surface area (Å²) in [6.07, 6.45) is 3.20. The molecule has 0 aliphatic heterocycles. The number of hydrogen-bond acceptors (Lipinski definition) is 5. The Labute approximate surface area is 156 Å².